The maximum atomic E-state index is 12.4. The van der Waals surface area contributed by atoms with Crippen molar-refractivity contribution in [2.24, 2.45) is 0 Å². The van der Waals surface area contributed by atoms with Gasteiger partial charge in [-0.3, -0.25) is 0 Å². The van der Waals surface area contributed by atoms with Crippen LogP contribution in [0.2, 0.25) is 0 Å². The van der Waals surface area contributed by atoms with Gasteiger partial charge in [-0.25, -0.2) is 4.98 Å². The fraction of sp³-hybridized carbons (Fsp3) is 0.375. The SMILES string of the molecule is OCc1c(O)cnc(C(F)(F)F)c1OC(F)(F)F. The van der Waals surface area contributed by atoms with E-state index in [2.05, 4.69) is 9.72 Å². The lowest BCUT2D eigenvalue weighted by atomic mass is 10.2. The maximum Gasteiger partial charge on any atom is 0.573 e. The predicted octanol–water partition coefficient (Wildman–Crippen LogP) is 2.20. The zero-order valence-corrected chi connectivity index (χ0v) is 8.30. The Hall–Kier alpha value is -1.71. The number of aromatic nitrogens is 1. The number of hydrogen-bond donors (Lipinski definition) is 2. The van der Waals surface area contributed by atoms with Gasteiger partial charge in [-0.15, -0.1) is 13.2 Å². The first-order chi connectivity index (χ1) is 8.06. The van der Waals surface area contributed by atoms with Crippen molar-refractivity contribution < 1.29 is 41.3 Å². The lowest BCUT2D eigenvalue weighted by Crippen LogP contribution is -2.22. The average molecular weight is 277 g/mol. The molecule has 0 aliphatic rings. The molecule has 1 rings (SSSR count). The topological polar surface area (TPSA) is 62.6 Å². The second-order valence-electron chi connectivity index (χ2n) is 3.00. The van der Waals surface area contributed by atoms with Crippen LogP contribution in [0.25, 0.3) is 0 Å². The molecule has 0 aromatic carbocycles. The third-order valence-corrected chi connectivity index (χ3v) is 1.76. The molecule has 0 spiro atoms. The van der Waals surface area contributed by atoms with Gasteiger partial charge in [0.2, 0.25) is 0 Å². The molecule has 0 saturated heterocycles. The minimum absolute atomic E-state index is 0.275. The Labute approximate surface area is 95.4 Å². The van der Waals surface area contributed by atoms with Gasteiger partial charge in [0.1, 0.15) is 5.75 Å². The molecule has 1 aromatic heterocycles. The van der Waals surface area contributed by atoms with Crippen LogP contribution in [0.5, 0.6) is 11.5 Å². The predicted molar refractivity (Wildman–Crippen MR) is 43.5 cm³/mol. The summed E-state index contributed by atoms with van der Waals surface area (Å²) in [6.45, 7) is -1.27. The molecular weight excluding hydrogens is 272 g/mol. The van der Waals surface area contributed by atoms with Crippen molar-refractivity contribution in [2.75, 3.05) is 0 Å². The van der Waals surface area contributed by atoms with Crippen LogP contribution >= 0.6 is 0 Å². The Kier molecular flexibility index (Phi) is 3.60. The highest BCUT2D eigenvalue weighted by Crippen LogP contribution is 2.41. The van der Waals surface area contributed by atoms with E-state index < -0.39 is 41.9 Å². The summed E-state index contributed by atoms with van der Waals surface area (Å²) >= 11 is 0. The zero-order chi connectivity index (χ0) is 14.1. The standard InChI is InChI=1S/C8H5F6NO3/c9-7(10,11)6-5(18-8(12,13)14)3(2-16)4(17)1-15-6/h1,16-17H,2H2. The molecule has 0 amide bonds. The number of alkyl halides is 6. The van der Waals surface area contributed by atoms with Crippen molar-refractivity contribution in [3.63, 3.8) is 0 Å². The van der Waals surface area contributed by atoms with E-state index in [1.807, 2.05) is 0 Å². The van der Waals surface area contributed by atoms with Gasteiger partial charge in [0.05, 0.1) is 18.4 Å². The number of halogens is 6. The maximum absolute atomic E-state index is 12.4. The third-order valence-electron chi connectivity index (χ3n) is 1.76. The molecule has 0 radical (unpaired) electrons. The molecule has 0 unspecified atom stereocenters. The molecule has 1 aromatic rings. The number of nitrogens with zero attached hydrogens (tertiary/aromatic N) is 1. The van der Waals surface area contributed by atoms with E-state index in [0.29, 0.717) is 0 Å². The molecule has 10 heteroatoms. The molecule has 0 fully saturated rings. The fourth-order valence-electron chi connectivity index (χ4n) is 1.10. The van der Waals surface area contributed by atoms with Gasteiger partial charge >= 0.3 is 12.5 Å². The van der Waals surface area contributed by atoms with Crippen molar-refractivity contribution in [2.45, 2.75) is 19.1 Å². The van der Waals surface area contributed by atoms with Crippen LogP contribution in [0.15, 0.2) is 6.20 Å². The Morgan fingerprint density at radius 2 is 1.72 bits per heavy atom. The molecular formula is C8H5F6NO3. The van der Waals surface area contributed by atoms with Gasteiger partial charge in [0.15, 0.2) is 11.4 Å². The molecule has 0 aliphatic carbocycles. The van der Waals surface area contributed by atoms with Crippen molar-refractivity contribution in [1.29, 1.82) is 0 Å². The van der Waals surface area contributed by atoms with Gasteiger partial charge < -0.3 is 14.9 Å². The van der Waals surface area contributed by atoms with Crippen molar-refractivity contribution in [1.82, 2.24) is 4.98 Å². The second-order valence-corrected chi connectivity index (χ2v) is 3.00. The summed E-state index contributed by atoms with van der Waals surface area (Å²) in [5, 5.41) is 17.7. The molecule has 0 aliphatic heterocycles. The third kappa shape index (κ3) is 3.15. The van der Waals surface area contributed by atoms with Crippen LogP contribution in [0.3, 0.4) is 0 Å². The van der Waals surface area contributed by atoms with Gasteiger partial charge in [-0.05, 0) is 0 Å². The number of rotatable bonds is 2. The molecule has 0 atom stereocenters. The van der Waals surface area contributed by atoms with E-state index >= 15 is 0 Å². The van der Waals surface area contributed by atoms with Crippen LogP contribution in [-0.4, -0.2) is 21.6 Å². The van der Waals surface area contributed by atoms with E-state index in [-0.39, 0.29) is 6.20 Å². The first-order valence-corrected chi connectivity index (χ1v) is 4.21. The van der Waals surface area contributed by atoms with E-state index in [1.54, 1.807) is 0 Å². The lowest BCUT2D eigenvalue weighted by molar-refractivity contribution is -0.277. The molecule has 18 heavy (non-hydrogen) atoms. The van der Waals surface area contributed by atoms with Crippen LogP contribution in [0.1, 0.15) is 11.3 Å². The van der Waals surface area contributed by atoms with E-state index in [4.69, 9.17) is 10.2 Å². The Balaban J connectivity index is 3.45. The summed E-state index contributed by atoms with van der Waals surface area (Å²) in [6, 6.07) is 0. The van der Waals surface area contributed by atoms with E-state index in [9.17, 15) is 26.3 Å². The Bertz CT molecular complexity index is 442. The molecule has 0 bridgehead atoms. The summed E-state index contributed by atoms with van der Waals surface area (Å²) < 4.78 is 76.3. The smallest absolute Gasteiger partial charge is 0.506 e. The van der Waals surface area contributed by atoms with E-state index in [0.717, 1.165) is 0 Å². The monoisotopic (exact) mass is 277 g/mol. The van der Waals surface area contributed by atoms with Crippen molar-refractivity contribution >= 4 is 0 Å². The normalized spacial score (nSPS) is 12.6. The highest BCUT2D eigenvalue weighted by Gasteiger charge is 2.42. The quantitative estimate of drug-likeness (QED) is 0.813. The highest BCUT2D eigenvalue weighted by atomic mass is 19.4. The number of aliphatic hydroxyl groups is 1. The Morgan fingerprint density at radius 3 is 2.11 bits per heavy atom. The molecule has 2 N–H and O–H groups in total. The number of ether oxygens (including phenoxy) is 1. The zero-order valence-electron chi connectivity index (χ0n) is 8.30. The Morgan fingerprint density at radius 1 is 1.17 bits per heavy atom. The van der Waals surface area contributed by atoms with Crippen LogP contribution in [0, 0.1) is 0 Å². The molecule has 102 valence electrons. The van der Waals surface area contributed by atoms with Crippen LogP contribution < -0.4 is 4.74 Å². The number of aliphatic hydroxyl groups excluding tert-OH is 1. The van der Waals surface area contributed by atoms with Gasteiger partial charge in [0, 0.05) is 0 Å². The van der Waals surface area contributed by atoms with Gasteiger partial charge in [0.25, 0.3) is 0 Å². The molecule has 4 nitrogen and oxygen atoms in total. The number of hydrogen-bond acceptors (Lipinski definition) is 4. The number of pyridine rings is 1. The minimum Gasteiger partial charge on any atom is -0.506 e. The summed E-state index contributed by atoms with van der Waals surface area (Å²) in [6.07, 6.45) is -10.4. The van der Waals surface area contributed by atoms with Gasteiger partial charge in [-0.2, -0.15) is 13.2 Å². The first kappa shape index (κ1) is 14.4. The summed E-state index contributed by atoms with van der Waals surface area (Å²) in [5.74, 6) is -2.80. The van der Waals surface area contributed by atoms with E-state index in [1.165, 1.54) is 0 Å². The first-order valence-electron chi connectivity index (χ1n) is 4.21. The summed E-state index contributed by atoms with van der Waals surface area (Å²) in [7, 11) is 0. The van der Waals surface area contributed by atoms with Crippen LogP contribution in [-0.2, 0) is 12.8 Å². The summed E-state index contributed by atoms with van der Waals surface area (Å²) in [5.41, 5.74) is -3.03. The fourth-order valence-corrected chi connectivity index (χ4v) is 1.10. The lowest BCUT2D eigenvalue weighted by Gasteiger charge is -2.17. The number of aromatic hydroxyl groups is 1. The van der Waals surface area contributed by atoms with Crippen molar-refractivity contribution in [3.05, 3.63) is 17.5 Å². The average Bonchev–Trinajstić information content (AvgIpc) is 2.13. The minimum atomic E-state index is -5.42. The summed E-state index contributed by atoms with van der Waals surface area (Å²) in [4.78, 5) is 2.63. The van der Waals surface area contributed by atoms with Crippen molar-refractivity contribution in [3.8, 4) is 11.5 Å². The largest absolute Gasteiger partial charge is 0.573 e. The molecule has 0 saturated carbocycles. The van der Waals surface area contributed by atoms with Gasteiger partial charge in [-0.1, -0.05) is 0 Å². The van der Waals surface area contributed by atoms with Crippen LogP contribution in [0.4, 0.5) is 26.3 Å². The second kappa shape index (κ2) is 4.52. The highest BCUT2D eigenvalue weighted by molar-refractivity contribution is 5.46. The molecule has 1 heterocycles.